The van der Waals surface area contributed by atoms with E-state index < -0.39 is 0 Å². The molecule has 0 saturated heterocycles. The Morgan fingerprint density at radius 2 is 1.68 bits per heavy atom. The highest BCUT2D eigenvalue weighted by atomic mass is 16.5. The molecule has 19 heavy (non-hydrogen) atoms. The molecular formula is C16H20N2O. The van der Waals surface area contributed by atoms with Gasteiger partial charge in [-0.25, -0.2) is 0 Å². The third kappa shape index (κ3) is 3.26. The summed E-state index contributed by atoms with van der Waals surface area (Å²) in [6.07, 6.45) is 0. The van der Waals surface area contributed by atoms with Gasteiger partial charge in [0.15, 0.2) is 0 Å². The number of rotatable bonds is 5. The van der Waals surface area contributed by atoms with Crippen LogP contribution in [0.3, 0.4) is 0 Å². The number of para-hydroxylation sites is 2. The van der Waals surface area contributed by atoms with Crippen molar-refractivity contribution in [1.82, 2.24) is 0 Å². The van der Waals surface area contributed by atoms with Gasteiger partial charge in [-0.15, -0.1) is 0 Å². The third-order valence-electron chi connectivity index (χ3n) is 3.19. The van der Waals surface area contributed by atoms with Crippen molar-refractivity contribution in [3.63, 3.8) is 0 Å². The van der Waals surface area contributed by atoms with E-state index in [0.29, 0.717) is 0 Å². The molecule has 0 aliphatic rings. The van der Waals surface area contributed by atoms with Gasteiger partial charge in [0.25, 0.3) is 0 Å². The number of benzene rings is 2. The first-order chi connectivity index (χ1) is 9.22. The predicted molar refractivity (Wildman–Crippen MR) is 79.6 cm³/mol. The molecule has 0 amide bonds. The van der Waals surface area contributed by atoms with Crippen molar-refractivity contribution in [3.8, 4) is 5.75 Å². The number of ether oxygens (including phenoxy) is 1. The van der Waals surface area contributed by atoms with Crippen molar-refractivity contribution < 1.29 is 4.74 Å². The second kappa shape index (κ2) is 6.25. The maximum Gasteiger partial charge on any atom is 0.142 e. The Hall–Kier alpha value is -2.00. The highest BCUT2D eigenvalue weighted by Crippen LogP contribution is 2.27. The van der Waals surface area contributed by atoms with Gasteiger partial charge in [0.2, 0.25) is 0 Å². The molecular weight excluding hydrogens is 236 g/mol. The van der Waals surface area contributed by atoms with E-state index >= 15 is 0 Å². The largest absolute Gasteiger partial charge is 0.495 e. The molecule has 3 heteroatoms. The van der Waals surface area contributed by atoms with Crippen molar-refractivity contribution in [2.45, 2.75) is 6.04 Å². The summed E-state index contributed by atoms with van der Waals surface area (Å²) in [7, 11) is 3.71. The van der Waals surface area contributed by atoms with Crippen LogP contribution in [0.1, 0.15) is 11.6 Å². The van der Waals surface area contributed by atoms with Crippen LogP contribution in [0.4, 0.5) is 5.69 Å². The minimum absolute atomic E-state index is 0.0175. The van der Waals surface area contributed by atoms with E-state index in [4.69, 9.17) is 10.5 Å². The van der Waals surface area contributed by atoms with E-state index in [0.717, 1.165) is 23.5 Å². The van der Waals surface area contributed by atoms with Crippen LogP contribution in [0.5, 0.6) is 5.75 Å². The van der Waals surface area contributed by atoms with E-state index in [1.165, 1.54) is 0 Å². The second-order valence-electron chi connectivity index (χ2n) is 4.57. The van der Waals surface area contributed by atoms with E-state index in [1.54, 1.807) is 7.11 Å². The Morgan fingerprint density at radius 3 is 2.37 bits per heavy atom. The Labute approximate surface area is 114 Å². The Balaban J connectivity index is 2.11. The number of hydrogen-bond acceptors (Lipinski definition) is 3. The smallest absolute Gasteiger partial charge is 0.142 e. The van der Waals surface area contributed by atoms with Gasteiger partial charge < -0.3 is 15.4 Å². The summed E-state index contributed by atoms with van der Waals surface area (Å²) in [5.41, 5.74) is 8.44. The van der Waals surface area contributed by atoms with Crippen LogP contribution in [-0.2, 0) is 0 Å². The Bertz CT molecular complexity index is 513. The summed E-state index contributed by atoms with van der Waals surface area (Å²) in [5.74, 6) is 0.866. The second-order valence-corrected chi connectivity index (χ2v) is 4.57. The van der Waals surface area contributed by atoms with Gasteiger partial charge in [0.1, 0.15) is 5.75 Å². The number of anilines is 1. The average molecular weight is 256 g/mol. The minimum Gasteiger partial charge on any atom is -0.495 e. The van der Waals surface area contributed by atoms with Gasteiger partial charge in [-0.1, -0.05) is 42.5 Å². The Kier molecular flexibility index (Phi) is 4.42. The molecule has 0 spiro atoms. The van der Waals surface area contributed by atoms with E-state index in [2.05, 4.69) is 17.0 Å². The fourth-order valence-electron chi connectivity index (χ4n) is 2.14. The molecule has 2 aromatic carbocycles. The molecule has 2 rings (SSSR count). The predicted octanol–water partition coefficient (Wildman–Crippen LogP) is 2.83. The molecule has 0 aromatic heterocycles. The number of hydrogen-bond donors (Lipinski definition) is 1. The molecule has 1 atom stereocenters. The van der Waals surface area contributed by atoms with Crippen molar-refractivity contribution in [3.05, 3.63) is 60.2 Å². The summed E-state index contributed by atoms with van der Waals surface area (Å²) in [6.45, 7) is 0.740. The van der Waals surface area contributed by atoms with Crippen LogP contribution in [-0.4, -0.2) is 20.7 Å². The third-order valence-corrected chi connectivity index (χ3v) is 3.19. The van der Waals surface area contributed by atoms with Crippen LogP contribution in [0.2, 0.25) is 0 Å². The van der Waals surface area contributed by atoms with Gasteiger partial charge in [-0.05, 0) is 17.7 Å². The summed E-state index contributed by atoms with van der Waals surface area (Å²) < 4.78 is 5.37. The summed E-state index contributed by atoms with van der Waals surface area (Å²) >= 11 is 0. The fourth-order valence-corrected chi connectivity index (χ4v) is 2.14. The maximum absolute atomic E-state index is 6.24. The normalized spacial score (nSPS) is 11.9. The van der Waals surface area contributed by atoms with Crippen molar-refractivity contribution >= 4 is 5.69 Å². The molecule has 1 unspecified atom stereocenters. The van der Waals surface area contributed by atoms with E-state index in [1.807, 2.05) is 49.5 Å². The fraction of sp³-hybridized carbons (Fsp3) is 0.250. The van der Waals surface area contributed by atoms with Crippen LogP contribution in [0.15, 0.2) is 54.6 Å². The SMILES string of the molecule is COc1ccccc1N(C)CC(N)c1ccccc1. The molecule has 0 aliphatic carbocycles. The molecule has 0 saturated carbocycles. The first-order valence-corrected chi connectivity index (χ1v) is 6.37. The quantitative estimate of drug-likeness (QED) is 0.894. The topological polar surface area (TPSA) is 38.5 Å². The zero-order chi connectivity index (χ0) is 13.7. The van der Waals surface area contributed by atoms with Crippen molar-refractivity contribution in [1.29, 1.82) is 0 Å². The van der Waals surface area contributed by atoms with Gasteiger partial charge >= 0.3 is 0 Å². The number of methoxy groups -OCH3 is 1. The first-order valence-electron chi connectivity index (χ1n) is 6.37. The number of nitrogens with two attached hydrogens (primary N) is 1. The first kappa shape index (κ1) is 13.4. The van der Waals surface area contributed by atoms with Crippen LogP contribution in [0, 0.1) is 0 Å². The standard InChI is InChI=1S/C16H20N2O/c1-18(15-10-6-7-11-16(15)19-2)12-14(17)13-8-4-3-5-9-13/h3-11,14H,12,17H2,1-2H3. The van der Waals surface area contributed by atoms with Gasteiger partial charge in [-0.3, -0.25) is 0 Å². The lowest BCUT2D eigenvalue weighted by Crippen LogP contribution is -2.29. The van der Waals surface area contributed by atoms with Gasteiger partial charge in [0.05, 0.1) is 12.8 Å². The van der Waals surface area contributed by atoms with Crippen LogP contribution < -0.4 is 15.4 Å². The maximum atomic E-state index is 6.24. The zero-order valence-electron chi connectivity index (χ0n) is 11.4. The zero-order valence-corrected chi connectivity index (χ0v) is 11.4. The molecule has 0 heterocycles. The highest BCUT2D eigenvalue weighted by molar-refractivity contribution is 5.58. The number of nitrogens with zero attached hydrogens (tertiary/aromatic N) is 1. The molecule has 100 valence electrons. The molecule has 2 N–H and O–H groups in total. The van der Waals surface area contributed by atoms with E-state index in [-0.39, 0.29) is 6.04 Å². The van der Waals surface area contributed by atoms with Gasteiger partial charge in [0, 0.05) is 19.6 Å². The lowest BCUT2D eigenvalue weighted by Gasteiger charge is -2.25. The lowest BCUT2D eigenvalue weighted by molar-refractivity contribution is 0.414. The van der Waals surface area contributed by atoms with Crippen molar-refractivity contribution in [2.24, 2.45) is 5.73 Å². The highest BCUT2D eigenvalue weighted by Gasteiger charge is 2.12. The monoisotopic (exact) mass is 256 g/mol. The van der Waals surface area contributed by atoms with E-state index in [9.17, 15) is 0 Å². The molecule has 0 radical (unpaired) electrons. The average Bonchev–Trinajstić information content (AvgIpc) is 2.48. The van der Waals surface area contributed by atoms with Crippen LogP contribution in [0.25, 0.3) is 0 Å². The van der Waals surface area contributed by atoms with Crippen molar-refractivity contribution in [2.75, 3.05) is 25.6 Å². The molecule has 0 bridgehead atoms. The number of likely N-dealkylation sites (N-methyl/N-ethyl adjacent to an activating group) is 1. The molecule has 3 nitrogen and oxygen atoms in total. The lowest BCUT2D eigenvalue weighted by atomic mass is 10.1. The summed E-state index contributed by atoms with van der Waals surface area (Å²) in [5, 5.41) is 0. The molecule has 2 aromatic rings. The van der Waals surface area contributed by atoms with Gasteiger partial charge in [-0.2, -0.15) is 0 Å². The minimum atomic E-state index is -0.0175. The Morgan fingerprint density at radius 1 is 1.05 bits per heavy atom. The van der Waals surface area contributed by atoms with Crippen LogP contribution >= 0.6 is 0 Å². The molecule has 0 aliphatic heterocycles. The summed E-state index contributed by atoms with van der Waals surface area (Å²) in [6, 6.07) is 18.1. The molecule has 0 fully saturated rings. The summed E-state index contributed by atoms with van der Waals surface area (Å²) in [4.78, 5) is 2.12.